The standard InChI is InChI=1S/C19H28N2O5/c1-12(22)17(20)18(23)21-7-5-19(6-8-21)14-11-16(25-3)15(24-2)10-13(14)4-9-26-19/h10-12,17,22H,4-9,20H2,1-3H3/t12-,17+/m0/s1. The van der Waals surface area contributed by atoms with Gasteiger partial charge in [0.1, 0.15) is 6.04 Å². The Bertz CT molecular complexity index is 668. The van der Waals surface area contributed by atoms with Crippen LogP contribution in [0.5, 0.6) is 11.5 Å². The van der Waals surface area contributed by atoms with Crippen LogP contribution >= 0.6 is 0 Å². The van der Waals surface area contributed by atoms with Crippen molar-refractivity contribution < 1.29 is 24.1 Å². The molecule has 1 spiro atoms. The third-order valence-corrected chi connectivity index (χ3v) is 5.54. The number of amides is 1. The van der Waals surface area contributed by atoms with Crippen LogP contribution in [0.1, 0.15) is 30.9 Å². The zero-order valence-corrected chi connectivity index (χ0v) is 15.7. The van der Waals surface area contributed by atoms with Gasteiger partial charge in [0.25, 0.3) is 0 Å². The van der Waals surface area contributed by atoms with E-state index in [0.29, 0.717) is 38.3 Å². The van der Waals surface area contributed by atoms with Crippen molar-refractivity contribution in [2.24, 2.45) is 5.73 Å². The van der Waals surface area contributed by atoms with E-state index in [1.54, 1.807) is 19.1 Å². The average Bonchev–Trinajstić information content (AvgIpc) is 2.66. The van der Waals surface area contributed by atoms with Crippen molar-refractivity contribution in [3.63, 3.8) is 0 Å². The first-order chi connectivity index (χ1) is 12.4. The van der Waals surface area contributed by atoms with Crippen molar-refractivity contribution in [2.75, 3.05) is 33.9 Å². The zero-order chi connectivity index (χ0) is 18.9. The number of carbonyl (C=O) groups is 1. The Labute approximate surface area is 154 Å². The van der Waals surface area contributed by atoms with Crippen molar-refractivity contribution in [1.29, 1.82) is 0 Å². The van der Waals surface area contributed by atoms with Gasteiger partial charge in [-0.25, -0.2) is 0 Å². The van der Waals surface area contributed by atoms with Gasteiger partial charge in [-0.1, -0.05) is 0 Å². The second-order valence-electron chi connectivity index (χ2n) is 7.05. The Morgan fingerprint density at radius 3 is 2.46 bits per heavy atom. The van der Waals surface area contributed by atoms with Crippen LogP contribution in [-0.2, 0) is 21.6 Å². The topological polar surface area (TPSA) is 94.3 Å². The fourth-order valence-electron chi connectivity index (χ4n) is 3.91. The van der Waals surface area contributed by atoms with Crippen LogP contribution in [0.15, 0.2) is 12.1 Å². The lowest BCUT2D eigenvalue weighted by molar-refractivity contribution is -0.144. The summed E-state index contributed by atoms with van der Waals surface area (Å²) in [6.45, 7) is 3.28. The maximum absolute atomic E-state index is 12.4. The first kappa shape index (κ1) is 18.9. The van der Waals surface area contributed by atoms with E-state index >= 15 is 0 Å². The highest BCUT2D eigenvalue weighted by Gasteiger charge is 2.43. The van der Waals surface area contributed by atoms with Crippen molar-refractivity contribution in [3.8, 4) is 11.5 Å². The Morgan fingerprint density at radius 2 is 1.88 bits per heavy atom. The van der Waals surface area contributed by atoms with E-state index in [4.69, 9.17) is 19.9 Å². The molecule has 2 aliphatic rings. The van der Waals surface area contributed by atoms with Crippen molar-refractivity contribution in [1.82, 2.24) is 4.90 Å². The summed E-state index contributed by atoms with van der Waals surface area (Å²) in [4.78, 5) is 14.1. The molecule has 2 heterocycles. The van der Waals surface area contributed by atoms with Crippen LogP contribution in [0.3, 0.4) is 0 Å². The molecule has 0 bridgehead atoms. The van der Waals surface area contributed by atoms with Crippen LogP contribution in [-0.4, -0.2) is 62.0 Å². The van der Waals surface area contributed by atoms with Crippen molar-refractivity contribution in [3.05, 3.63) is 23.3 Å². The number of rotatable bonds is 4. The van der Waals surface area contributed by atoms with Crippen molar-refractivity contribution >= 4 is 5.91 Å². The Kier molecular flexibility index (Phi) is 5.41. The fourth-order valence-corrected chi connectivity index (χ4v) is 3.91. The summed E-state index contributed by atoms with van der Waals surface area (Å²) in [7, 11) is 3.26. The SMILES string of the molecule is COc1cc2c(cc1OC)C1(CCN(C(=O)[C@H](N)[C@H](C)O)CC1)OCC2. The summed E-state index contributed by atoms with van der Waals surface area (Å²) in [5.74, 6) is 1.20. The number of hydrogen-bond donors (Lipinski definition) is 2. The number of ether oxygens (including phenoxy) is 3. The molecule has 1 aromatic carbocycles. The number of aliphatic hydroxyl groups is 1. The molecular formula is C19H28N2O5. The molecule has 0 saturated carbocycles. The third kappa shape index (κ3) is 3.26. The lowest BCUT2D eigenvalue weighted by Crippen LogP contribution is -2.54. The minimum absolute atomic E-state index is 0.210. The largest absolute Gasteiger partial charge is 0.493 e. The Hall–Kier alpha value is -1.83. The van der Waals surface area contributed by atoms with E-state index in [0.717, 1.165) is 17.7 Å². The van der Waals surface area contributed by atoms with Crippen LogP contribution in [0.4, 0.5) is 0 Å². The van der Waals surface area contributed by atoms with Crippen molar-refractivity contribution in [2.45, 2.75) is 43.9 Å². The predicted molar refractivity (Wildman–Crippen MR) is 96.4 cm³/mol. The molecule has 0 aromatic heterocycles. The number of nitrogens with zero attached hydrogens (tertiary/aromatic N) is 1. The second-order valence-corrected chi connectivity index (χ2v) is 7.05. The zero-order valence-electron chi connectivity index (χ0n) is 15.7. The summed E-state index contributed by atoms with van der Waals surface area (Å²) in [5, 5.41) is 9.58. The summed E-state index contributed by atoms with van der Waals surface area (Å²) in [6, 6.07) is 3.15. The number of aliphatic hydroxyl groups excluding tert-OH is 1. The maximum atomic E-state index is 12.4. The lowest BCUT2D eigenvalue weighted by atomic mass is 9.79. The molecule has 0 aliphatic carbocycles. The molecule has 3 N–H and O–H groups in total. The van der Waals surface area contributed by atoms with Gasteiger partial charge in [0.2, 0.25) is 5.91 Å². The number of likely N-dealkylation sites (tertiary alicyclic amines) is 1. The van der Waals surface area contributed by atoms with E-state index in [1.165, 1.54) is 12.5 Å². The molecule has 3 rings (SSSR count). The smallest absolute Gasteiger partial charge is 0.242 e. The molecule has 1 amide bonds. The molecule has 0 unspecified atom stereocenters. The number of benzene rings is 1. The highest BCUT2D eigenvalue weighted by atomic mass is 16.5. The minimum atomic E-state index is -0.882. The molecule has 1 saturated heterocycles. The Balaban J connectivity index is 1.83. The minimum Gasteiger partial charge on any atom is -0.493 e. The average molecular weight is 364 g/mol. The van der Waals surface area contributed by atoms with Crippen LogP contribution < -0.4 is 15.2 Å². The first-order valence-electron chi connectivity index (χ1n) is 9.03. The van der Waals surface area contributed by atoms with Gasteiger partial charge >= 0.3 is 0 Å². The van der Waals surface area contributed by atoms with Gasteiger partial charge < -0.3 is 30.0 Å². The number of nitrogens with two attached hydrogens (primary N) is 1. The number of methoxy groups -OCH3 is 2. The summed E-state index contributed by atoms with van der Waals surface area (Å²) < 4.78 is 17.1. The molecular weight excluding hydrogens is 336 g/mol. The monoisotopic (exact) mass is 364 g/mol. The molecule has 7 nitrogen and oxygen atoms in total. The van der Waals surface area contributed by atoms with Crippen LogP contribution in [0.2, 0.25) is 0 Å². The van der Waals surface area contributed by atoms with Crippen LogP contribution in [0, 0.1) is 0 Å². The maximum Gasteiger partial charge on any atom is 0.242 e. The van der Waals surface area contributed by atoms with Gasteiger partial charge in [0, 0.05) is 13.1 Å². The number of carbonyl (C=O) groups excluding carboxylic acids is 1. The summed E-state index contributed by atoms with van der Waals surface area (Å²) >= 11 is 0. The van der Waals surface area contributed by atoms with Crippen LogP contribution in [0.25, 0.3) is 0 Å². The van der Waals surface area contributed by atoms with E-state index < -0.39 is 17.7 Å². The predicted octanol–water partition coefficient (Wildman–Crippen LogP) is 0.802. The van der Waals surface area contributed by atoms with Gasteiger partial charge in [-0.05, 0) is 49.4 Å². The summed E-state index contributed by atoms with van der Waals surface area (Å²) in [5.41, 5.74) is 7.71. The molecule has 2 atom stereocenters. The highest BCUT2D eigenvalue weighted by Crippen LogP contribution is 2.45. The van der Waals surface area contributed by atoms with Gasteiger partial charge in [0.05, 0.1) is 32.5 Å². The summed E-state index contributed by atoms with van der Waals surface area (Å²) in [6.07, 6.45) is 1.34. The molecule has 1 aromatic rings. The van der Waals surface area contributed by atoms with Gasteiger partial charge in [-0.15, -0.1) is 0 Å². The number of hydrogen-bond acceptors (Lipinski definition) is 6. The lowest BCUT2D eigenvalue weighted by Gasteiger charge is -2.45. The van der Waals surface area contributed by atoms with Gasteiger partial charge in [0.15, 0.2) is 11.5 Å². The number of fused-ring (bicyclic) bond motifs is 2. The normalized spacial score (nSPS) is 21.0. The first-order valence-corrected chi connectivity index (χ1v) is 9.03. The Morgan fingerprint density at radius 1 is 1.27 bits per heavy atom. The molecule has 0 radical (unpaired) electrons. The highest BCUT2D eigenvalue weighted by molar-refractivity contribution is 5.82. The fraction of sp³-hybridized carbons (Fsp3) is 0.632. The molecule has 144 valence electrons. The van der Waals surface area contributed by atoms with E-state index in [-0.39, 0.29) is 5.91 Å². The van der Waals surface area contributed by atoms with Gasteiger partial charge in [-0.3, -0.25) is 4.79 Å². The quantitative estimate of drug-likeness (QED) is 0.821. The number of piperidine rings is 1. The van der Waals surface area contributed by atoms with E-state index in [1.807, 2.05) is 12.1 Å². The molecule has 26 heavy (non-hydrogen) atoms. The second kappa shape index (κ2) is 7.42. The van der Waals surface area contributed by atoms with E-state index in [2.05, 4.69) is 0 Å². The molecule has 2 aliphatic heterocycles. The van der Waals surface area contributed by atoms with E-state index in [9.17, 15) is 9.90 Å². The third-order valence-electron chi connectivity index (χ3n) is 5.54. The van der Waals surface area contributed by atoms with Gasteiger partial charge in [-0.2, -0.15) is 0 Å². The molecule has 7 heteroatoms. The molecule has 1 fully saturated rings.